The number of carbonyl (C=O) groups excluding carboxylic acids is 1. The first kappa shape index (κ1) is 16.1. The van der Waals surface area contributed by atoms with Gasteiger partial charge in [-0.15, -0.1) is 0 Å². The summed E-state index contributed by atoms with van der Waals surface area (Å²) in [5.41, 5.74) is 3.03. The number of nitrogens with zero attached hydrogens (tertiary/aromatic N) is 4. The first-order valence-electron chi connectivity index (χ1n) is 7.48. The minimum atomic E-state index is -0.262. The number of hydrogen-bond donors (Lipinski definition) is 1. The molecule has 0 aliphatic rings. The summed E-state index contributed by atoms with van der Waals surface area (Å²) < 4.78 is 15.8. The van der Waals surface area contributed by atoms with Crippen LogP contribution in [0, 0.1) is 5.82 Å². The van der Waals surface area contributed by atoms with E-state index in [2.05, 4.69) is 15.4 Å². The average molecular weight is 327 g/mol. The van der Waals surface area contributed by atoms with Crippen molar-refractivity contribution in [3.63, 3.8) is 0 Å². The van der Waals surface area contributed by atoms with E-state index >= 15 is 0 Å². The van der Waals surface area contributed by atoms with E-state index in [4.69, 9.17) is 0 Å². The molecule has 0 bridgehead atoms. The van der Waals surface area contributed by atoms with Crippen molar-refractivity contribution in [3.05, 3.63) is 53.7 Å². The van der Waals surface area contributed by atoms with Crippen LogP contribution < -0.4 is 5.32 Å². The second-order valence-electron chi connectivity index (χ2n) is 5.79. The van der Waals surface area contributed by atoms with E-state index in [0.29, 0.717) is 34.4 Å². The fourth-order valence-corrected chi connectivity index (χ4v) is 2.52. The smallest absolute Gasteiger partial charge is 0.254 e. The molecule has 0 fully saturated rings. The number of fused-ring (bicyclic) bond motifs is 1. The number of halogens is 1. The Kier molecular flexibility index (Phi) is 4.26. The van der Waals surface area contributed by atoms with Crippen molar-refractivity contribution >= 4 is 11.6 Å². The maximum Gasteiger partial charge on any atom is 0.254 e. The topological polar surface area (TPSA) is 62.5 Å². The third kappa shape index (κ3) is 2.98. The second-order valence-corrected chi connectivity index (χ2v) is 5.79. The van der Waals surface area contributed by atoms with Crippen molar-refractivity contribution in [3.8, 4) is 11.1 Å². The maximum absolute atomic E-state index is 14.3. The lowest BCUT2D eigenvalue weighted by molar-refractivity contribution is 0.0962. The molecule has 124 valence electrons. The number of carbonyl (C=O) groups is 1. The summed E-state index contributed by atoms with van der Waals surface area (Å²) in [6.45, 7) is 0.536. The molecular weight excluding hydrogens is 309 g/mol. The SMILES string of the molecule is CNC(=O)c1cnc2c(-c3ccc(CN(C)C)c(F)c3)cnn2c1. The Morgan fingerprint density at radius 2 is 2.12 bits per heavy atom. The number of nitrogens with one attached hydrogen (secondary N) is 1. The fourth-order valence-electron chi connectivity index (χ4n) is 2.52. The molecule has 2 aromatic heterocycles. The van der Waals surface area contributed by atoms with Crippen LogP contribution in [0.1, 0.15) is 15.9 Å². The van der Waals surface area contributed by atoms with Crippen molar-refractivity contribution in [1.29, 1.82) is 0 Å². The molecule has 24 heavy (non-hydrogen) atoms. The Morgan fingerprint density at radius 3 is 2.79 bits per heavy atom. The van der Waals surface area contributed by atoms with Gasteiger partial charge in [0, 0.05) is 37.1 Å². The summed E-state index contributed by atoms with van der Waals surface area (Å²) in [7, 11) is 5.35. The van der Waals surface area contributed by atoms with Crippen LogP contribution in [0.3, 0.4) is 0 Å². The van der Waals surface area contributed by atoms with Crippen LogP contribution in [-0.2, 0) is 6.54 Å². The van der Waals surface area contributed by atoms with Gasteiger partial charge in [-0.1, -0.05) is 12.1 Å². The molecule has 1 N–H and O–H groups in total. The monoisotopic (exact) mass is 327 g/mol. The zero-order chi connectivity index (χ0) is 17.3. The predicted molar refractivity (Wildman–Crippen MR) is 89.2 cm³/mol. The highest BCUT2D eigenvalue weighted by Gasteiger charge is 2.13. The molecule has 3 aromatic rings. The standard InChI is InChI=1S/C17H18FN5O/c1-19-17(24)13-7-20-16-14(8-21-23(16)10-13)11-4-5-12(9-22(2)3)15(18)6-11/h4-8,10H,9H2,1-3H3,(H,19,24). The average Bonchev–Trinajstić information content (AvgIpc) is 2.98. The lowest BCUT2D eigenvalue weighted by Crippen LogP contribution is -2.18. The van der Waals surface area contributed by atoms with Crippen molar-refractivity contribution in [1.82, 2.24) is 24.8 Å². The number of aromatic nitrogens is 3. The van der Waals surface area contributed by atoms with Gasteiger partial charge < -0.3 is 10.2 Å². The molecule has 3 rings (SSSR count). The van der Waals surface area contributed by atoms with Crippen LogP contribution in [-0.4, -0.2) is 46.5 Å². The third-order valence-corrected chi connectivity index (χ3v) is 3.70. The molecule has 7 heteroatoms. The van der Waals surface area contributed by atoms with Crippen LogP contribution in [0.2, 0.25) is 0 Å². The molecule has 0 aliphatic heterocycles. The molecule has 0 aliphatic carbocycles. The first-order chi connectivity index (χ1) is 11.5. The van der Waals surface area contributed by atoms with E-state index in [1.54, 1.807) is 25.5 Å². The fraction of sp³-hybridized carbons (Fsp3) is 0.235. The molecule has 1 amide bonds. The number of amides is 1. The van der Waals surface area contributed by atoms with E-state index < -0.39 is 0 Å². The van der Waals surface area contributed by atoms with Gasteiger partial charge in [-0.3, -0.25) is 4.79 Å². The molecule has 6 nitrogen and oxygen atoms in total. The van der Waals surface area contributed by atoms with E-state index in [-0.39, 0.29) is 11.7 Å². The molecule has 0 saturated heterocycles. The van der Waals surface area contributed by atoms with Crippen molar-refractivity contribution in [2.75, 3.05) is 21.1 Å². The molecule has 0 radical (unpaired) electrons. The summed E-state index contributed by atoms with van der Waals surface area (Å²) in [4.78, 5) is 17.9. The van der Waals surface area contributed by atoms with Gasteiger partial charge in [0.1, 0.15) is 5.82 Å². The van der Waals surface area contributed by atoms with Crippen LogP contribution in [0.5, 0.6) is 0 Å². The quantitative estimate of drug-likeness (QED) is 0.796. The minimum Gasteiger partial charge on any atom is -0.355 e. The Balaban J connectivity index is 2.01. The Bertz CT molecular complexity index is 903. The Morgan fingerprint density at radius 1 is 1.33 bits per heavy atom. The number of benzene rings is 1. The summed E-state index contributed by atoms with van der Waals surface area (Å²) in [6.07, 6.45) is 4.70. The van der Waals surface area contributed by atoms with Gasteiger partial charge in [0.05, 0.1) is 11.8 Å². The van der Waals surface area contributed by atoms with Gasteiger partial charge in [-0.25, -0.2) is 13.9 Å². The molecule has 0 spiro atoms. The van der Waals surface area contributed by atoms with Gasteiger partial charge in [0.25, 0.3) is 5.91 Å². The summed E-state index contributed by atoms with van der Waals surface area (Å²) in [5.74, 6) is -0.497. The maximum atomic E-state index is 14.3. The summed E-state index contributed by atoms with van der Waals surface area (Å²) in [5, 5.41) is 6.76. The highest BCUT2D eigenvalue weighted by Crippen LogP contribution is 2.25. The first-order valence-corrected chi connectivity index (χ1v) is 7.48. The van der Waals surface area contributed by atoms with E-state index in [1.165, 1.54) is 16.8 Å². The summed E-state index contributed by atoms with van der Waals surface area (Å²) >= 11 is 0. The number of rotatable bonds is 4. The Labute approximate surface area is 138 Å². The molecule has 0 atom stereocenters. The lowest BCUT2D eigenvalue weighted by atomic mass is 10.1. The van der Waals surface area contributed by atoms with Gasteiger partial charge >= 0.3 is 0 Å². The van der Waals surface area contributed by atoms with Gasteiger partial charge in [-0.2, -0.15) is 5.10 Å². The van der Waals surface area contributed by atoms with Crippen LogP contribution in [0.25, 0.3) is 16.8 Å². The van der Waals surface area contributed by atoms with Crippen LogP contribution in [0.4, 0.5) is 4.39 Å². The Hall–Kier alpha value is -2.80. The molecule has 0 saturated carbocycles. The summed E-state index contributed by atoms with van der Waals surface area (Å²) in [6, 6.07) is 5.12. The lowest BCUT2D eigenvalue weighted by Gasteiger charge is -2.11. The second kappa shape index (κ2) is 6.37. The van der Waals surface area contributed by atoms with Crippen LogP contribution >= 0.6 is 0 Å². The highest BCUT2D eigenvalue weighted by atomic mass is 19.1. The van der Waals surface area contributed by atoms with Crippen molar-refractivity contribution < 1.29 is 9.18 Å². The molecule has 2 heterocycles. The normalized spacial score (nSPS) is 11.2. The largest absolute Gasteiger partial charge is 0.355 e. The highest BCUT2D eigenvalue weighted by molar-refractivity contribution is 5.93. The van der Waals surface area contributed by atoms with Gasteiger partial charge in [0.15, 0.2) is 5.65 Å². The van der Waals surface area contributed by atoms with E-state index in [1.807, 2.05) is 25.1 Å². The zero-order valence-electron chi connectivity index (χ0n) is 13.7. The van der Waals surface area contributed by atoms with Gasteiger partial charge in [-0.05, 0) is 25.7 Å². The van der Waals surface area contributed by atoms with Gasteiger partial charge in [0.2, 0.25) is 0 Å². The molecular formula is C17H18FN5O. The van der Waals surface area contributed by atoms with E-state index in [0.717, 1.165) is 0 Å². The minimum absolute atomic E-state index is 0.236. The predicted octanol–water partition coefficient (Wildman–Crippen LogP) is 1.96. The van der Waals surface area contributed by atoms with E-state index in [9.17, 15) is 9.18 Å². The molecule has 1 aromatic carbocycles. The molecule has 0 unspecified atom stereocenters. The number of hydrogen-bond acceptors (Lipinski definition) is 4. The van der Waals surface area contributed by atoms with Crippen molar-refractivity contribution in [2.45, 2.75) is 6.54 Å². The van der Waals surface area contributed by atoms with Crippen molar-refractivity contribution in [2.24, 2.45) is 0 Å². The third-order valence-electron chi connectivity index (χ3n) is 3.70. The van der Waals surface area contributed by atoms with Crippen LogP contribution in [0.15, 0.2) is 36.8 Å². The zero-order valence-corrected chi connectivity index (χ0v) is 13.7.